The molecule has 2 aromatic carbocycles. The SMILES string of the molecule is Cc1c(NC(=O)c2csc(-c3ccc(C(C)C)cc3)n2)cccc1N1C(=O)NC(C)C1=O. The van der Waals surface area contributed by atoms with E-state index < -0.39 is 12.1 Å². The molecule has 0 radical (unpaired) electrons. The van der Waals surface area contributed by atoms with Crippen molar-refractivity contribution in [3.8, 4) is 10.6 Å². The van der Waals surface area contributed by atoms with Gasteiger partial charge < -0.3 is 10.6 Å². The molecule has 8 heteroatoms. The zero-order valence-electron chi connectivity index (χ0n) is 18.3. The smallest absolute Gasteiger partial charge is 0.326 e. The predicted octanol–water partition coefficient (Wildman–Crippen LogP) is 4.94. The molecule has 0 bridgehead atoms. The second kappa shape index (κ2) is 8.55. The van der Waals surface area contributed by atoms with E-state index in [4.69, 9.17) is 0 Å². The first-order valence-corrected chi connectivity index (χ1v) is 11.3. The molecule has 0 spiro atoms. The number of rotatable bonds is 5. The first-order valence-electron chi connectivity index (χ1n) is 10.4. The Kier molecular flexibility index (Phi) is 5.80. The Balaban J connectivity index is 1.54. The molecule has 164 valence electrons. The number of hydrogen-bond acceptors (Lipinski definition) is 5. The summed E-state index contributed by atoms with van der Waals surface area (Å²) >= 11 is 1.41. The van der Waals surface area contributed by atoms with Gasteiger partial charge >= 0.3 is 6.03 Å². The van der Waals surface area contributed by atoms with Gasteiger partial charge in [0.15, 0.2) is 0 Å². The van der Waals surface area contributed by atoms with Gasteiger partial charge in [0.2, 0.25) is 0 Å². The number of nitrogens with one attached hydrogen (secondary N) is 2. The minimum atomic E-state index is -0.580. The lowest BCUT2D eigenvalue weighted by Gasteiger charge is -2.18. The molecule has 2 N–H and O–H groups in total. The highest BCUT2D eigenvalue weighted by molar-refractivity contribution is 7.13. The number of aromatic nitrogens is 1. The predicted molar refractivity (Wildman–Crippen MR) is 126 cm³/mol. The lowest BCUT2D eigenvalue weighted by molar-refractivity contribution is -0.117. The number of benzene rings is 2. The molecule has 7 nitrogen and oxygen atoms in total. The van der Waals surface area contributed by atoms with Crippen molar-refractivity contribution in [1.29, 1.82) is 0 Å². The van der Waals surface area contributed by atoms with Crippen LogP contribution in [0.15, 0.2) is 47.8 Å². The van der Waals surface area contributed by atoms with Crippen molar-refractivity contribution in [1.82, 2.24) is 10.3 Å². The zero-order chi connectivity index (χ0) is 23.0. The number of nitrogens with zero attached hydrogens (tertiary/aromatic N) is 2. The van der Waals surface area contributed by atoms with Gasteiger partial charge in [0.1, 0.15) is 16.7 Å². The van der Waals surface area contributed by atoms with Gasteiger partial charge in [0, 0.05) is 16.6 Å². The van der Waals surface area contributed by atoms with Gasteiger partial charge in [-0.25, -0.2) is 14.7 Å². The third-order valence-electron chi connectivity index (χ3n) is 5.49. The highest BCUT2D eigenvalue weighted by Gasteiger charge is 2.37. The molecule has 4 amide bonds. The van der Waals surface area contributed by atoms with E-state index in [2.05, 4.69) is 41.6 Å². The number of imide groups is 1. The van der Waals surface area contributed by atoms with Crippen LogP contribution in [0.3, 0.4) is 0 Å². The van der Waals surface area contributed by atoms with Crippen LogP contribution in [0.4, 0.5) is 16.2 Å². The molecular weight excluding hydrogens is 424 g/mol. The number of amides is 4. The summed E-state index contributed by atoms with van der Waals surface area (Å²) in [5, 5.41) is 7.94. The van der Waals surface area contributed by atoms with Gasteiger partial charge in [0.25, 0.3) is 11.8 Å². The van der Waals surface area contributed by atoms with Crippen LogP contribution in [0.25, 0.3) is 10.6 Å². The Morgan fingerprint density at radius 1 is 1.16 bits per heavy atom. The van der Waals surface area contributed by atoms with E-state index in [1.807, 2.05) is 12.1 Å². The van der Waals surface area contributed by atoms with Crippen LogP contribution in [0.5, 0.6) is 0 Å². The van der Waals surface area contributed by atoms with Gasteiger partial charge in [-0.15, -0.1) is 11.3 Å². The lowest BCUT2D eigenvalue weighted by atomic mass is 10.0. The molecule has 4 rings (SSSR count). The summed E-state index contributed by atoms with van der Waals surface area (Å²) in [5.41, 5.74) is 4.11. The van der Waals surface area contributed by atoms with Crippen molar-refractivity contribution in [3.63, 3.8) is 0 Å². The van der Waals surface area contributed by atoms with Crippen LogP contribution in [-0.4, -0.2) is 28.9 Å². The molecule has 3 aromatic rings. The average molecular weight is 449 g/mol. The van der Waals surface area contributed by atoms with Crippen molar-refractivity contribution in [2.75, 3.05) is 10.2 Å². The fourth-order valence-corrected chi connectivity index (χ4v) is 4.35. The highest BCUT2D eigenvalue weighted by Crippen LogP contribution is 2.30. The van der Waals surface area contributed by atoms with E-state index in [0.29, 0.717) is 28.6 Å². The maximum atomic E-state index is 12.8. The minimum Gasteiger partial charge on any atom is -0.326 e. The number of thiazole rings is 1. The molecule has 2 heterocycles. The Morgan fingerprint density at radius 3 is 2.50 bits per heavy atom. The first kappa shape index (κ1) is 21.7. The number of hydrogen-bond donors (Lipinski definition) is 2. The van der Waals surface area contributed by atoms with E-state index in [0.717, 1.165) is 15.5 Å². The molecule has 1 fully saturated rings. The van der Waals surface area contributed by atoms with Gasteiger partial charge in [-0.2, -0.15) is 0 Å². The molecule has 32 heavy (non-hydrogen) atoms. The molecule has 1 aliphatic rings. The third kappa shape index (κ3) is 4.01. The maximum Gasteiger partial charge on any atom is 0.329 e. The van der Waals surface area contributed by atoms with Crippen molar-refractivity contribution in [3.05, 3.63) is 64.7 Å². The van der Waals surface area contributed by atoms with Crippen LogP contribution >= 0.6 is 11.3 Å². The van der Waals surface area contributed by atoms with Gasteiger partial charge in [-0.05, 0) is 43.0 Å². The second-order valence-electron chi connectivity index (χ2n) is 8.06. The number of carbonyl (C=O) groups excluding carboxylic acids is 3. The Morgan fingerprint density at radius 2 is 1.88 bits per heavy atom. The summed E-state index contributed by atoms with van der Waals surface area (Å²) < 4.78 is 0. The normalized spacial score (nSPS) is 15.9. The quantitative estimate of drug-likeness (QED) is 0.541. The standard InChI is InChI=1S/C24H24N4O3S/c1-13(2)16-8-10-17(11-9-16)22-27-19(12-32-22)21(29)26-18-6-5-7-20(14(18)3)28-23(30)15(4)25-24(28)31/h5-13,15H,1-4H3,(H,25,31)(H,26,29). The van der Waals surface area contributed by atoms with Crippen molar-refractivity contribution < 1.29 is 14.4 Å². The van der Waals surface area contributed by atoms with E-state index >= 15 is 0 Å². The molecule has 1 unspecified atom stereocenters. The first-order chi connectivity index (χ1) is 15.3. The molecule has 1 saturated heterocycles. The van der Waals surface area contributed by atoms with E-state index in [9.17, 15) is 14.4 Å². The van der Waals surface area contributed by atoms with Crippen molar-refractivity contribution in [2.24, 2.45) is 0 Å². The van der Waals surface area contributed by atoms with Crippen molar-refractivity contribution in [2.45, 2.75) is 39.7 Å². The lowest BCUT2D eigenvalue weighted by Crippen LogP contribution is -2.31. The monoisotopic (exact) mass is 448 g/mol. The van der Waals surface area contributed by atoms with Crippen molar-refractivity contribution >= 4 is 40.6 Å². The largest absolute Gasteiger partial charge is 0.329 e. The molecular formula is C24H24N4O3S. The molecule has 0 aliphatic carbocycles. The van der Waals surface area contributed by atoms with E-state index in [1.54, 1.807) is 37.4 Å². The van der Waals surface area contributed by atoms with Gasteiger partial charge in [0.05, 0.1) is 5.69 Å². The highest BCUT2D eigenvalue weighted by atomic mass is 32.1. The molecule has 1 aromatic heterocycles. The van der Waals surface area contributed by atoms with E-state index in [1.165, 1.54) is 16.9 Å². The average Bonchev–Trinajstić information content (AvgIpc) is 3.35. The Bertz CT molecular complexity index is 1200. The zero-order valence-corrected chi connectivity index (χ0v) is 19.1. The van der Waals surface area contributed by atoms with Crippen LogP contribution in [-0.2, 0) is 4.79 Å². The second-order valence-corrected chi connectivity index (χ2v) is 8.92. The minimum absolute atomic E-state index is 0.311. The van der Waals surface area contributed by atoms with Crippen LogP contribution in [0, 0.1) is 6.92 Å². The molecule has 1 atom stereocenters. The number of anilines is 2. The topological polar surface area (TPSA) is 91.4 Å². The Labute approximate surface area is 190 Å². The maximum absolute atomic E-state index is 12.8. The fourth-order valence-electron chi connectivity index (χ4n) is 3.54. The summed E-state index contributed by atoms with van der Waals surface area (Å²) in [7, 11) is 0. The number of urea groups is 1. The molecule has 0 saturated carbocycles. The summed E-state index contributed by atoms with van der Waals surface area (Å²) in [6, 6.07) is 12.2. The number of carbonyl (C=O) groups is 3. The summed E-state index contributed by atoms with van der Waals surface area (Å²) in [6.45, 7) is 7.68. The van der Waals surface area contributed by atoms with Crippen LogP contribution in [0.2, 0.25) is 0 Å². The third-order valence-corrected chi connectivity index (χ3v) is 6.38. The fraction of sp³-hybridized carbons (Fsp3) is 0.250. The van der Waals surface area contributed by atoms with Crippen LogP contribution in [0.1, 0.15) is 48.3 Å². The molecule has 1 aliphatic heterocycles. The van der Waals surface area contributed by atoms with Gasteiger partial charge in [-0.3, -0.25) is 9.59 Å². The summed E-state index contributed by atoms with van der Waals surface area (Å²) in [6.07, 6.45) is 0. The van der Waals surface area contributed by atoms with Gasteiger partial charge in [-0.1, -0.05) is 44.2 Å². The summed E-state index contributed by atoms with van der Waals surface area (Å²) in [5.74, 6) is -0.225. The van der Waals surface area contributed by atoms with E-state index in [-0.39, 0.29) is 11.8 Å². The summed E-state index contributed by atoms with van der Waals surface area (Å²) in [4.78, 5) is 43.0. The Hall–Kier alpha value is -3.52. The van der Waals surface area contributed by atoms with Crippen LogP contribution < -0.4 is 15.5 Å².